The van der Waals surface area contributed by atoms with E-state index in [4.69, 9.17) is 23.3 Å². The van der Waals surface area contributed by atoms with Gasteiger partial charge >= 0.3 is 27.6 Å². The van der Waals surface area contributed by atoms with Crippen LogP contribution in [0.3, 0.4) is 0 Å². The summed E-state index contributed by atoms with van der Waals surface area (Å²) in [6, 6.07) is 0. The number of allylic oxidation sites excluding steroid dienone is 14. The molecule has 0 spiro atoms. The molecule has 1 saturated carbocycles. The number of rotatable bonds is 39. The van der Waals surface area contributed by atoms with Crippen LogP contribution in [-0.4, -0.2) is 115 Å². The molecule has 0 aromatic carbocycles. The molecule has 2 rings (SSSR count). The molecule has 1 aliphatic carbocycles. The first-order valence-electron chi connectivity index (χ1n) is 24.9. The highest BCUT2D eigenvalue weighted by atomic mass is 31.2. The second-order valence-corrected chi connectivity index (χ2v) is 19.8. The second kappa shape index (κ2) is 37.6. The number of hydrogen-bond acceptors (Lipinski definition) is 14. The number of unbranched alkanes of at least 4 members (excludes halogenated alkanes) is 7. The van der Waals surface area contributed by atoms with Crippen LogP contribution in [0.4, 0.5) is 0 Å². The Bertz CT molecular complexity index is 1790. The van der Waals surface area contributed by atoms with Gasteiger partial charge in [-0.1, -0.05) is 130 Å². The van der Waals surface area contributed by atoms with Crippen molar-refractivity contribution in [1.82, 2.24) is 0 Å². The maximum Gasteiger partial charge on any atom is 0.472 e. The Morgan fingerprint density at radius 1 is 0.529 bits per heavy atom. The Morgan fingerprint density at radius 2 is 1.00 bits per heavy atom. The van der Waals surface area contributed by atoms with Gasteiger partial charge in [-0.05, 0) is 96.3 Å². The minimum atomic E-state index is -5.38. The van der Waals surface area contributed by atoms with Gasteiger partial charge in [0.25, 0.3) is 0 Å². The molecule has 1 aliphatic heterocycles. The molecule has 0 aromatic rings. The molecule has 19 heteroatoms. The van der Waals surface area contributed by atoms with Crippen LogP contribution in [0.5, 0.6) is 0 Å². The molecule has 1 heterocycles. The third-order valence-electron chi connectivity index (χ3n) is 11.0. The number of carbonyl (C=O) groups excluding carboxylic acids is 2. The van der Waals surface area contributed by atoms with E-state index in [1.54, 1.807) is 0 Å². The number of epoxide rings is 1. The summed E-state index contributed by atoms with van der Waals surface area (Å²) in [6.07, 6.45) is 35.2. The fourth-order valence-corrected chi connectivity index (χ4v) is 8.62. The Morgan fingerprint density at radius 3 is 1.56 bits per heavy atom. The number of phosphoric acid groups is 2. The highest BCUT2D eigenvalue weighted by Crippen LogP contribution is 2.49. The molecule has 0 radical (unpaired) electrons. The van der Waals surface area contributed by atoms with Gasteiger partial charge in [0.05, 0.1) is 18.8 Å². The predicted octanol–water partition coefficient (Wildman–Crippen LogP) is 8.94. The minimum absolute atomic E-state index is 0.0536. The average Bonchev–Trinajstić information content (AvgIpc) is 4.08. The Labute approximate surface area is 415 Å². The fourth-order valence-electron chi connectivity index (χ4n) is 7.08. The normalized spacial score (nSPS) is 24.7. The van der Waals surface area contributed by atoms with Gasteiger partial charge in [-0.25, -0.2) is 9.13 Å². The van der Waals surface area contributed by atoms with Gasteiger partial charge < -0.3 is 49.3 Å². The van der Waals surface area contributed by atoms with Crippen molar-refractivity contribution in [2.45, 2.75) is 197 Å². The zero-order chi connectivity index (χ0) is 51.5. The summed E-state index contributed by atoms with van der Waals surface area (Å²) in [5.41, 5.74) is 0. The molecule has 10 atom stereocenters. The van der Waals surface area contributed by atoms with E-state index in [-0.39, 0.29) is 25.0 Å². The molecule has 0 aromatic heterocycles. The Kier molecular flexibility index (Phi) is 33.8. The van der Waals surface area contributed by atoms with Crippen LogP contribution in [0.2, 0.25) is 0 Å². The third-order valence-corrected chi connectivity index (χ3v) is 12.5. The summed E-state index contributed by atoms with van der Waals surface area (Å²) in [6.45, 7) is 2.88. The Hall–Kier alpha value is -3.12. The first-order valence-corrected chi connectivity index (χ1v) is 27.9. The number of carbonyl (C=O) groups is 2. The number of aliphatic hydroxyl groups is 4. The molecule has 7 N–H and O–H groups in total. The summed E-state index contributed by atoms with van der Waals surface area (Å²) in [7, 11) is -10.7. The quantitative estimate of drug-likeness (QED) is 0.00995. The SMILES string of the molecule is CC/C=C\C/C=C\C/C=C\C/C=C\C/C=C\CCCCCC(=O)OC[C@H](COP(=O)(O)O[C@H]1C(O)C(O)C(O)[C@@H](OP(=O)(O)O)C1O)OC(=O)CCC/C=C\CC1OC1C/C=C\C/C=C\CCCCC. The van der Waals surface area contributed by atoms with Crippen molar-refractivity contribution in [2.75, 3.05) is 13.2 Å². The van der Waals surface area contributed by atoms with E-state index in [1.165, 1.54) is 19.3 Å². The lowest BCUT2D eigenvalue weighted by Gasteiger charge is -2.43. The first-order chi connectivity index (χ1) is 33.6. The molecule has 17 nitrogen and oxygen atoms in total. The van der Waals surface area contributed by atoms with Crippen LogP contribution in [0.25, 0.3) is 0 Å². The van der Waals surface area contributed by atoms with Crippen molar-refractivity contribution in [3.63, 3.8) is 0 Å². The van der Waals surface area contributed by atoms with E-state index < -0.39 is 83.5 Å². The predicted molar refractivity (Wildman–Crippen MR) is 268 cm³/mol. The van der Waals surface area contributed by atoms with Crippen molar-refractivity contribution < 1.29 is 81.6 Å². The number of aliphatic hydroxyl groups excluding tert-OH is 4. The average molecular weight is 1030 g/mol. The zero-order valence-corrected chi connectivity index (χ0v) is 42.9. The van der Waals surface area contributed by atoms with Gasteiger partial charge in [-0.3, -0.25) is 23.2 Å². The van der Waals surface area contributed by atoms with Gasteiger partial charge in [-0.2, -0.15) is 0 Å². The molecule has 2 fully saturated rings. The summed E-state index contributed by atoms with van der Waals surface area (Å²) in [4.78, 5) is 54.4. The van der Waals surface area contributed by atoms with E-state index in [0.29, 0.717) is 19.3 Å². The van der Waals surface area contributed by atoms with E-state index in [9.17, 15) is 53.8 Å². The van der Waals surface area contributed by atoms with E-state index in [1.807, 2.05) is 12.2 Å². The standard InChI is InChI=1S/C51H82O17P2/c1-3-5-7-9-11-13-14-15-16-17-18-19-20-21-22-24-26-28-33-37-44(52)63-39-41(40-64-70(61,62)68-51-48(56)46(54)47(55)50(49(51)57)67-69(58,59)60)65-45(53)38-34-30-29-32-36-43-42(66-43)35-31-27-25-23-12-10-8-6-4-2/h5,7,11-13,15-16,18-19,21-23,27,29,31-32,41-43,46-51,54-57H,3-4,6,8-10,14,17,20,24-26,28,30,33-40H2,1-2H3,(H,61,62)(H2,58,59,60)/b7-5-,13-11-,16-15-,19-18-,22-21-,23-12-,31-27-,32-29-/t41-,42?,43?,46?,47?,48?,49?,50-,51+/m1/s1. The van der Waals surface area contributed by atoms with Crippen molar-refractivity contribution in [3.8, 4) is 0 Å². The second-order valence-electron chi connectivity index (χ2n) is 17.2. The van der Waals surface area contributed by atoms with Crippen molar-refractivity contribution in [2.24, 2.45) is 0 Å². The molecule has 0 amide bonds. The van der Waals surface area contributed by atoms with E-state index in [2.05, 4.69) is 103 Å². The number of esters is 2. The molecule has 2 aliphatic rings. The van der Waals surface area contributed by atoms with Gasteiger partial charge in [0.1, 0.15) is 43.2 Å². The van der Waals surface area contributed by atoms with Crippen LogP contribution in [0.15, 0.2) is 97.2 Å². The van der Waals surface area contributed by atoms with Crippen molar-refractivity contribution in [3.05, 3.63) is 97.2 Å². The molecule has 0 bridgehead atoms. The molecule has 70 heavy (non-hydrogen) atoms. The topological polar surface area (TPSA) is 269 Å². The molecular formula is C51H82O17P2. The third kappa shape index (κ3) is 30.7. The number of phosphoric ester groups is 2. The maximum atomic E-state index is 13.0. The van der Waals surface area contributed by atoms with E-state index >= 15 is 0 Å². The van der Waals surface area contributed by atoms with Gasteiger partial charge in [-0.15, -0.1) is 0 Å². The monoisotopic (exact) mass is 1030 g/mol. The smallest absolute Gasteiger partial charge is 0.462 e. The lowest BCUT2D eigenvalue weighted by Crippen LogP contribution is -2.64. The molecule has 1 saturated heterocycles. The maximum absolute atomic E-state index is 13.0. The van der Waals surface area contributed by atoms with Gasteiger partial charge in [0.15, 0.2) is 6.10 Å². The lowest BCUT2D eigenvalue weighted by atomic mass is 9.85. The van der Waals surface area contributed by atoms with Gasteiger partial charge in [0.2, 0.25) is 0 Å². The molecular weight excluding hydrogens is 946 g/mol. The number of ether oxygens (including phenoxy) is 3. The fraction of sp³-hybridized carbons (Fsp3) is 0.647. The van der Waals surface area contributed by atoms with Crippen LogP contribution in [0.1, 0.15) is 142 Å². The summed E-state index contributed by atoms with van der Waals surface area (Å²) >= 11 is 0. The van der Waals surface area contributed by atoms with Crippen molar-refractivity contribution >= 4 is 27.6 Å². The summed E-state index contributed by atoms with van der Waals surface area (Å²) < 4.78 is 55.1. The molecule has 398 valence electrons. The van der Waals surface area contributed by atoms with Crippen LogP contribution < -0.4 is 0 Å². The minimum Gasteiger partial charge on any atom is -0.462 e. The first kappa shape index (κ1) is 63.0. The molecule has 7 unspecified atom stereocenters. The van der Waals surface area contributed by atoms with E-state index in [0.717, 1.165) is 77.0 Å². The zero-order valence-electron chi connectivity index (χ0n) is 41.1. The number of hydrogen-bond donors (Lipinski definition) is 7. The van der Waals surface area contributed by atoms with Crippen LogP contribution in [-0.2, 0) is 46.5 Å². The Balaban J connectivity index is 1.82. The van der Waals surface area contributed by atoms with Crippen molar-refractivity contribution in [1.29, 1.82) is 0 Å². The largest absolute Gasteiger partial charge is 0.472 e. The summed E-state index contributed by atoms with van der Waals surface area (Å²) in [5, 5.41) is 41.3. The lowest BCUT2D eigenvalue weighted by molar-refractivity contribution is -0.216. The highest BCUT2D eigenvalue weighted by molar-refractivity contribution is 7.47. The van der Waals surface area contributed by atoms with Crippen LogP contribution >= 0.6 is 15.6 Å². The van der Waals surface area contributed by atoms with Gasteiger partial charge in [0, 0.05) is 12.8 Å². The van der Waals surface area contributed by atoms with Crippen LogP contribution in [0, 0.1) is 0 Å². The highest BCUT2D eigenvalue weighted by Gasteiger charge is 2.54. The summed E-state index contributed by atoms with van der Waals surface area (Å²) in [5.74, 6) is -1.33.